The molecule has 0 bridgehead atoms. The summed E-state index contributed by atoms with van der Waals surface area (Å²) in [5.74, 6) is 1.14. The van der Waals surface area contributed by atoms with Crippen LogP contribution in [0, 0.1) is 0 Å². The third-order valence-electron chi connectivity index (χ3n) is 3.67. The predicted molar refractivity (Wildman–Crippen MR) is 99.4 cm³/mol. The molecule has 0 aliphatic rings. The molecule has 0 aromatic heterocycles. The van der Waals surface area contributed by atoms with E-state index in [9.17, 15) is 4.79 Å². The molecule has 0 atom stereocenters. The highest BCUT2D eigenvalue weighted by Gasteiger charge is 2.07. The second-order valence-electron chi connectivity index (χ2n) is 5.60. The van der Waals surface area contributed by atoms with Crippen LogP contribution >= 0.6 is 0 Å². The summed E-state index contributed by atoms with van der Waals surface area (Å²) in [6, 6.07) is 26.1. The molecule has 0 radical (unpaired) electrons. The van der Waals surface area contributed by atoms with Crippen molar-refractivity contribution in [1.29, 1.82) is 0 Å². The van der Waals surface area contributed by atoms with Crippen LogP contribution in [0.1, 0.15) is 15.9 Å². The van der Waals surface area contributed by atoms with Crippen LogP contribution in [0.4, 0.5) is 0 Å². The first kappa shape index (κ1) is 17.5. The molecule has 26 heavy (non-hydrogen) atoms. The maximum atomic E-state index is 12.1. The molecule has 4 nitrogen and oxygen atoms in total. The lowest BCUT2D eigenvalue weighted by Gasteiger charge is -2.09. The Labute approximate surface area is 153 Å². The Morgan fingerprint density at radius 2 is 1.19 bits per heavy atom. The van der Waals surface area contributed by atoms with Crippen molar-refractivity contribution in [2.24, 2.45) is 0 Å². The third-order valence-corrected chi connectivity index (χ3v) is 3.67. The van der Waals surface area contributed by atoms with Crippen LogP contribution in [0.15, 0.2) is 84.9 Å². The SMILES string of the molecule is O=C(OCc1ccccc1)c1ccc(OCCOc2ccccc2)cc1. The highest BCUT2D eigenvalue weighted by molar-refractivity contribution is 5.89. The van der Waals surface area contributed by atoms with Gasteiger partial charge in [-0.1, -0.05) is 48.5 Å². The van der Waals surface area contributed by atoms with E-state index in [1.165, 1.54) is 0 Å². The Hall–Kier alpha value is -3.27. The fourth-order valence-corrected chi connectivity index (χ4v) is 2.33. The van der Waals surface area contributed by atoms with Gasteiger partial charge in [0.2, 0.25) is 0 Å². The van der Waals surface area contributed by atoms with Gasteiger partial charge in [-0.15, -0.1) is 0 Å². The summed E-state index contributed by atoms with van der Waals surface area (Å²) in [6.07, 6.45) is 0. The van der Waals surface area contributed by atoms with Crippen LogP contribution in [-0.4, -0.2) is 19.2 Å². The number of hydrogen-bond donors (Lipinski definition) is 0. The van der Waals surface area contributed by atoms with Gasteiger partial charge < -0.3 is 14.2 Å². The van der Waals surface area contributed by atoms with Gasteiger partial charge in [0.25, 0.3) is 0 Å². The maximum Gasteiger partial charge on any atom is 0.338 e. The van der Waals surface area contributed by atoms with E-state index < -0.39 is 0 Å². The number of carbonyl (C=O) groups is 1. The van der Waals surface area contributed by atoms with Gasteiger partial charge in [0, 0.05) is 0 Å². The summed E-state index contributed by atoms with van der Waals surface area (Å²) in [5.41, 5.74) is 1.45. The van der Waals surface area contributed by atoms with Gasteiger partial charge >= 0.3 is 5.97 Å². The molecular weight excluding hydrogens is 328 g/mol. The molecule has 0 saturated heterocycles. The lowest BCUT2D eigenvalue weighted by molar-refractivity contribution is 0.0472. The lowest BCUT2D eigenvalue weighted by Crippen LogP contribution is -2.09. The summed E-state index contributed by atoms with van der Waals surface area (Å²) in [6.45, 7) is 1.13. The molecule has 0 amide bonds. The van der Waals surface area contributed by atoms with Crippen molar-refractivity contribution < 1.29 is 19.0 Å². The van der Waals surface area contributed by atoms with Crippen molar-refractivity contribution >= 4 is 5.97 Å². The van der Waals surface area contributed by atoms with E-state index in [2.05, 4.69) is 0 Å². The molecule has 3 rings (SSSR count). The minimum Gasteiger partial charge on any atom is -0.490 e. The van der Waals surface area contributed by atoms with Crippen LogP contribution in [0.2, 0.25) is 0 Å². The molecule has 0 fully saturated rings. The first-order valence-corrected chi connectivity index (χ1v) is 8.43. The van der Waals surface area contributed by atoms with E-state index in [4.69, 9.17) is 14.2 Å². The minimum atomic E-state index is -0.354. The summed E-state index contributed by atoms with van der Waals surface area (Å²) in [5, 5.41) is 0. The third kappa shape index (κ3) is 5.38. The molecular formula is C22H20O4. The van der Waals surface area contributed by atoms with Crippen LogP contribution < -0.4 is 9.47 Å². The second-order valence-corrected chi connectivity index (χ2v) is 5.60. The molecule has 0 aliphatic carbocycles. The Balaban J connectivity index is 1.42. The van der Waals surface area contributed by atoms with Crippen molar-refractivity contribution in [2.45, 2.75) is 6.61 Å². The Bertz CT molecular complexity index is 799. The average Bonchev–Trinajstić information content (AvgIpc) is 2.71. The van der Waals surface area contributed by atoms with E-state index in [1.54, 1.807) is 24.3 Å². The average molecular weight is 348 g/mol. The topological polar surface area (TPSA) is 44.8 Å². The first-order chi connectivity index (χ1) is 12.8. The fourth-order valence-electron chi connectivity index (χ4n) is 2.33. The van der Waals surface area contributed by atoms with E-state index in [-0.39, 0.29) is 12.6 Å². The van der Waals surface area contributed by atoms with Crippen molar-refractivity contribution in [3.05, 3.63) is 96.1 Å². The minimum absolute atomic E-state index is 0.259. The molecule has 0 saturated carbocycles. The molecule has 0 aliphatic heterocycles. The van der Waals surface area contributed by atoms with E-state index in [0.717, 1.165) is 11.3 Å². The number of ether oxygens (including phenoxy) is 3. The number of esters is 1. The van der Waals surface area contributed by atoms with Crippen LogP contribution in [0.5, 0.6) is 11.5 Å². The maximum absolute atomic E-state index is 12.1. The fraction of sp³-hybridized carbons (Fsp3) is 0.136. The van der Waals surface area contributed by atoms with Crippen molar-refractivity contribution in [2.75, 3.05) is 13.2 Å². The number of benzene rings is 3. The molecule has 0 heterocycles. The van der Waals surface area contributed by atoms with Crippen molar-refractivity contribution in [3.8, 4) is 11.5 Å². The van der Waals surface area contributed by atoms with Gasteiger partial charge in [-0.3, -0.25) is 0 Å². The Morgan fingerprint density at radius 1 is 0.654 bits per heavy atom. The monoisotopic (exact) mass is 348 g/mol. The van der Waals surface area contributed by atoms with Crippen LogP contribution in [-0.2, 0) is 11.3 Å². The molecule has 0 N–H and O–H groups in total. The van der Waals surface area contributed by atoms with Gasteiger partial charge in [0.1, 0.15) is 31.3 Å². The van der Waals surface area contributed by atoms with Crippen molar-refractivity contribution in [3.63, 3.8) is 0 Å². The normalized spacial score (nSPS) is 10.2. The summed E-state index contributed by atoms with van der Waals surface area (Å²) < 4.78 is 16.5. The molecule has 0 spiro atoms. The second kappa shape index (κ2) is 9.28. The zero-order valence-corrected chi connectivity index (χ0v) is 14.3. The highest BCUT2D eigenvalue weighted by Crippen LogP contribution is 2.14. The quantitative estimate of drug-likeness (QED) is 0.444. The summed E-state index contributed by atoms with van der Waals surface area (Å²) in [7, 11) is 0. The highest BCUT2D eigenvalue weighted by atomic mass is 16.5. The number of hydrogen-bond acceptors (Lipinski definition) is 4. The predicted octanol–water partition coefficient (Wildman–Crippen LogP) is 4.50. The Morgan fingerprint density at radius 3 is 1.81 bits per heavy atom. The zero-order chi connectivity index (χ0) is 18.0. The van der Waals surface area contributed by atoms with Crippen molar-refractivity contribution in [1.82, 2.24) is 0 Å². The van der Waals surface area contributed by atoms with Gasteiger partial charge in [0.05, 0.1) is 5.56 Å². The van der Waals surface area contributed by atoms with E-state index in [0.29, 0.717) is 24.5 Å². The van der Waals surface area contributed by atoms with Gasteiger partial charge in [-0.25, -0.2) is 4.79 Å². The molecule has 3 aromatic rings. The Kier molecular flexibility index (Phi) is 6.26. The summed E-state index contributed by atoms with van der Waals surface area (Å²) >= 11 is 0. The standard InChI is InChI=1S/C22H20O4/c23-22(26-17-18-7-3-1-4-8-18)19-11-13-21(14-12-19)25-16-15-24-20-9-5-2-6-10-20/h1-14H,15-17H2. The number of para-hydroxylation sites is 1. The van der Waals surface area contributed by atoms with Crippen LogP contribution in [0.25, 0.3) is 0 Å². The number of carbonyl (C=O) groups excluding carboxylic acids is 1. The largest absolute Gasteiger partial charge is 0.490 e. The van der Waals surface area contributed by atoms with Gasteiger partial charge in [-0.05, 0) is 42.0 Å². The first-order valence-electron chi connectivity index (χ1n) is 8.43. The van der Waals surface area contributed by atoms with E-state index in [1.807, 2.05) is 60.7 Å². The molecule has 3 aromatic carbocycles. The lowest BCUT2D eigenvalue weighted by atomic mass is 10.2. The molecule has 0 unspecified atom stereocenters. The van der Waals surface area contributed by atoms with E-state index >= 15 is 0 Å². The zero-order valence-electron chi connectivity index (χ0n) is 14.3. The van der Waals surface area contributed by atoms with Gasteiger partial charge in [0.15, 0.2) is 0 Å². The van der Waals surface area contributed by atoms with Gasteiger partial charge in [-0.2, -0.15) is 0 Å². The van der Waals surface area contributed by atoms with Crippen LogP contribution in [0.3, 0.4) is 0 Å². The number of rotatable bonds is 8. The molecule has 132 valence electrons. The summed E-state index contributed by atoms with van der Waals surface area (Å²) in [4.78, 5) is 12.1. The smallest absolute Gasteiger partial charge is 0.338 e. The molecule has 4 heteroatoms.